The third-order valence-electron chi connectivity index (χ3n) is 2.75. The van der Waals surface area contributed by atoms with Gasteiger partial charge in [0.1, 0.15) is 6.61 Å². The number of ether oxygens (including phenoxy) is 2. The number of hydrogen-bond acceptors (Lipinski definition) is 4. The van der Waals surface area contributed by atoms with Gasteiger partial charge in [0, 0.05) is 18.4 Å². The number of rotatable bonds is 7. The number of amides is 1. The van der Waals surface area contributed by atoms with Crippen LogP contribution in [0.4, 0.5) is 0 Å². The molecule has 0 radical (unpaired) electrons. The van der Waals surface area contributed by atoms with Crippen LogP contribution in [0, 0.1) is 0 Å². The number of nitrogens with one attached hydrogen (secondary N) is 1. The lowest BCUT2D eigenvalue weighted by Crippen LogP contribution is -2.36. The van der Waals surface area contributed by atoms with E-state index in [0.717, 1.165) is 12.8 Å². The molecule has 1 saturated carbocycles. The zero-order valence-electron chi connectivity index (χ0n) is 10.0. The smallest absolute Gasteiger partial charge is 0.246 e. The van der Waals surface area contributed by atoms with Crippen molar-refractivity contribution in [3.8, 4) is 0 Å². The molecule has 94 valence electrons. The minimum absolute atomic E-state index is 0.0112. The fourth-order valence-electron chi connectivity index (χ4n) is 1.86. The molecule has 2 unspecified atom stereocenters. The molecule has 0 spiro atoms. The maximum absolute atomic E-state index is 11.5. The van der Waals surface area contributed by atoms with Gasteiger partial charge in [-0.25, -0.2) is 0 Å². The summed E-state index contributed by atoms with van der Waals surface area (Å²) >= 11 is 1.89. The number of carbonyl (C=O) groups excluding carboxylic acids is 1. The molecule has 0 aromatic heterocycles. The molecule has 2 atom stereocenters. The molecule has 1 N–H and O–H groups in total. The Morgan fingerprint density at radius 3 is 2.88 bits per heavy atom. The van der Waals surface area contributed by atoms with Crippen molar-refractivity contribution in [1.29, 1.82) is 0 Å². The number of hydrogen-bond donors (Lipinski definition) is 1. The molecular formula is C11H21NO3S. The molecule has 1 aliphatic carbocycles. The first kappa shape index (κ1) is 13.8. The Labute approximate surface area is 101 Å². The van der Waals surface area contributed by atoms with Gasteiger partial charge in [-0.2, -0.15) is 11.8 Å². The van der Waals surface area contributed by atoms with Gasteiger partial charge in [0.2, 0.25) is 5.91 Å². The third kappa shape index (κ3) is 5.18. The van der Waals surface area contributed by atoms with Crippen LogP contribution < -0.4 is 5.32 Å². The molecule has 1 fully saturated rings. The lowest BCUT2D eigenvalue weighted by Gasteiger charge is -2.12. The predicted octanol–water partition coefficient (Wildman–Crippen LogP) is 1.05. The van der Waals surface area contributed by atoms with Gasteiger partial charge in [0.15, 0.2) is 0 Å². The van der Waals surface area contributed by atoms with Gasteiger partial charge in [-0.05, 0) is 25.5 Å². The molecule has 0 heterocycles. The molecule has 1 aliphatic rings. The van der Waals surface area contributed by atoms with Crippen LogP contribution in [0.25, 0.3) is 0 Å². The first-order valence-electron chi connectivity index (χ1n) is 5.65. The summed E-state index contributed by atoms with van der Waals surface area (Å²) in [4.78, 5) is 11.5. The monoisotopic (exact) mass is 247 g/mol. The number of methoxy groups -OCH3 is 1. The summed E-state index contributed by atoms with van der Waals surface area (Å²) in [5, 5.41) is 3.71. The van der Waals surface area contributed by atoms with Gasteiger partial charge in [0.25, 0.3) is 0 Å². The van der Waals surface area contributed by atoms with E-state index in [-0.39, 0.29) is 12.5 Å². The topological polar surface area (TPSA) is 47.6 Å². The Bertz CT molecular complexity index is 213. The quantitative estimate of drug-likeness (QED) is 0.683. The van der Waals surface area contributed by atoms with E-state index < -0.39 is 0 Å². The first-order chi connectivity index (χ1) is 7.76. The van der Waals surface area contributed by atoms with Crippen molar-refractivity contribution < 1.29 is 14.3 Å². The summed E-state index contributed by atoms with van der Waals surface area (Å²) in [6, 6.07) is 0.343. The Morgan fingerprint density at radius 2 is 2.25 bits per heavy atom. The zero-order valence-corrected chi connectivity index (χ0v) is 10.8. The largest absolute Gasteiger partial charge is 0.382 e. The maximum atomic E-state index is 11.5. The second kappa shape index (κ2) is 7.92. The minimum Gasteiger partial charge on any atom is -0.382 e. The molecule has 16 heavy (non-hydrogen) atoms. The van der Waals surface area contributed by atoms with E-state index >= 15 is 0 Å². The van der Waals surface area contributed by atoms with Crippen molar-refractivity contribution in [2.45, 2.75) is 30.6 Å². The van der Waals surface area contributed by atoms with Gasteiger partial charge in [-0.15, -0.1) is 0 Å². The molecule has 0 saturated heterocycles. The second-order valence-corrected chi connectivity index (χ2v) is 5.12. The van der Waals surface area contributed by atoms with E-state index in [1.807, 2.05) is 11.8 Å². The highest BCUT2D eigenvalue weighted by molar-refractivity contribution is 7.99. The molecule has 5 heteroatoms. The number of thioether (sulfide) groups is 1. The summed E-state index contributed by atoms with van der Waals surface area (Å²) < 4.78 is 9.98. The van der Waals surface area contributed by atoms with Crippen molar-refractivity contribution in [2.24, 2.45) is 0 Å². The Hall–Kier alpha value is -0.260. The van der Waals surface area contributed by atoms with E-state index in [4.69, 9.17) is 9.47 Å². The van der Waals surface area contributed by atoms with Crippen molar-refractivity contribution in [1.82, 2.24) is 5.32 Å². The molecule has 0 bridgehead atoms. The SMILES string of the molecule is COCCOCC(=O)NC1CCC(SC)C1. The fourth-order valence-corrected chi connectivity index (χ4v) is 2.66. The lowest BCUT2D eigenvalue weighted by atomic mass is 10.2. The van der Waals surface area contributed by atoms with Crippen LogP contribution in [0.2, 0.25) is 0 Å². The number of carbonyl (C=O) groups is 1. The van der Waals surface area contributed by atoms with E-state index in [2.05, 4.69) is 11.6 Å². The molecular weight excluding hydrogens is 226 g/mol. The highest BCUT2D eigenvalue weighted by Gasteiger charge is 2.24. The molecule has 0 aromatic carbocycles. The standard InChI is InChI=1S/C11H21NO3S/c1-14-5-6-15-8-11(13)12-9-3-4-10(7-9)16-2/h9-10H,3-8H2,1-2H3,(H,12,13). The molecule has 1 amide bonds. The Balaban J connectivity index is 2.06. The highest BCUT2D eigenvalue weighted by atomic mass is 32.2. The molecule has 4 nitrogen and oxygen atoms in total. The Morgan fingerprint density at radius 1 is 1.44 bits per heavy atom. The van der Waals surface area contributed by atoms with Gasteiger partial charge in [-0.1, -0.05) is 0 Å². The van der Waals surface area contributed by atoms with Gasteiger partial charge >= 0.3 is 0 Å². The average molecular weight is 247 g/mol. The summed E-state index contributed by atoms with van der Waals surface area (Å²) in [6.45, 7) is 1.15. The van der Waals surface area contributed by atoms with Gasteiger partial charge in [-0.3, -0.25) is 4.79 Å². The first-order valence-corrected chi connectivity index (χ1v) is 6.94. The summed E-state index contributed by atoms with van der Waals surface area (Å²) in [6.07, 6.45) is 5.51. The zero-order chi connectivity index (χ0) is 11.8. The molecule has 0 aromatic rings. The van der Waals surface area contributed by atoms with E-state index in [1.165, 1.54) is 6.42 Å². The van der Waals surface area contributed by atoms with Crippen molar-refractivity contribution >= 4 is 17.7 Å². The highest BCUT2D eigenvalue weighted by Crippen LogP contribution is 2.27. The van der Waals surface area contributed by atoms with Crippen LogP contribution in [-0.2, 0) is 14.3 Å². The van der Waals surface area contributed by atoms with E-state index in [1.54, 1.807) is 7.11 Å². The minimum atomic E-state index is -0.0112. The summed E-state index contributed by atoms with van der Waals surface area (Å²) in [5.41, 5.74) is 0. The molecule has 1 rings (SSSR count). The van der Waals surface area contributed by atoms with Crippen LogP contribution in [-0.4, -0.2) is 50.4 Å². The van der Waals surface area contributed by atoms with E-state index in [9.17, 15) is 4.79 Å². The maximum Gasteiger partial charge on any atom is 0.246 e. The van der Waals surface area contributed by atoms with Gasteiger partial charge in [0.05, 0.1) is 13.2 Å². The summed E-state index contributed by atoms with van der Waals surface area (Å²) in [7, 11) is 1.62. The van der Waals surface area contributed by atoms with Crippen molar-refractivity contribution in [3.63, 3.8) is 0 Å². The normalized spacial score (nSPS) is 24.6. The van der Waals surface area contributed by atoms with Crippen LogP contribution in [0.15, 0.2) is 0 Å². The van der Waals surface area contributed by atoms with Crippen molar-refractivity contribution in [3.05, 3.63) is 0 Å². The Kier molecular flexibility index (Phi) is 6.84. The average Bonchev–Trinajstić information content (AvgIpc) is 2.72. The van der Waals surface area contributed by atoms with Crippen LogP contribution in [0.5, 0.6) is 0 Å². The van der Waals surface area contributed by atoms with E-state index in [0.29, 0.717) is 24.5 Å². The van der Waals surface area contributed by atoms with Gasteiger partial charge < -0.3 is 14.8 Å². The van der Waals surface area contributed by atoms with Crippen molar-refractivity contribution in [2.75, 3.05) is 33.2 Å². The fraction of sp³-hybridized carbons (Fsp3) is 0.909. The predicted molar refractivity (Wildman–Crippen MR) is 65.8 cm³/mol. The summed E-state index contributed by atoms with van der Waals surface area (Å²) in [5.74, 6) is -0.0112. The van der Waals surface area contributed by atoms with Crippen LogP contribution in [0.1, 0.15) is 19.3 Å². The third-order valence-corrected chi connectivity index (χ3v) is 3.84. The molecule has 0 aliphatic heterocycles. The van der Waals surface area contributed by atoms with Crippen LogP contribution in [0.3, 0.4) is 0 Å². The van der Waals surface area contributed by atoms with Crippen LogP contribution >= 0.6 is 11.8 Å². The lowest BCUT2D eigenvalue weighted by molar-refractivity contribution is -0.126. The second-order valence-electron chi connectivity index (χ2n) is 3.98.